The van der Waals surface area contributed by atoms with Crippen LogP contribution in [0.25, 0.3) is 0 Å². The van der Waals surface area contributed by atoms with Crippen LogP contribution >= 0.6 is 11.6 Å². The summed E-state index contributed by atoms with van der Waals surface area (Å²) in [4.78, 5) is 0. The summed E-state index contributed by atoms with van der Waals surface area (Å²) in [6.45, 7) is 1.88. The van der Waals surface area contributed by atoms with Crippen LogP contribution in [0.4, 0.5) is 0 Å². The normalized spacial score (nSPS) is 17.1. The van der Waals surface area contributed by atoms with Gasteiger partial charge in [-0.15, -0.1) is 0 Å². The Bertz CT molecular complexity index is 646. The zero-order valence-electron chi connectivity index (χ0n) is 12.4. The first-order valence-corrected chi connectivity index (χ1v) is 8.02. The molecule has 0 radical (unpaired) electrons. The highest BCUT2D eigenvalue weighted by Crippen LogP contribution is 2.31. The molecule has 0 aliphatic heterocycles. The van der Waals surface area contributed by atoms with E-state index in [2.05, 4.69) is 18.2 Å². The molecule has 0 aromatic heterocycles. The molecule has 110 valence electrons. The largest absolute Gasteiger partial charge is 0.385 e. The van der Waals surface area contributed by atoms with Crippen molar-refractivity contribution in [1.29, 1.82) is 0 Å². The molecule has 21 heavy (non-hydrogen) atoms. The van der Waals surface area contributed by atoms with Crippen LogP contribution in [0.3, 0.4) is 0 Å². The van der Waals surface area contributed by atoms with Gasteiger partial charge in [-0.2, -0.15) is 0 Å². The van der Waals surface area contributed by atoms with Gasteiger partial charge in [-0.25, -0.2) is 0 Å². The van der Waals surface area contributed by atoms with Gasteiger partial charge in [-0.05, 0) is 60.9 Å². The van der Waals surface area contributed by atoms with Crippen LogP contribution in [0, 0.1) is 0 Å². The van der Waals surface area contributed by atoms with Crippen molar-refractivity contribution in [2.24, 2.45) is 0 Å². The Morgan fingerprint density at radius 2 is 1.76 bits per heavy atom. The summed E-state index contributed by atoms with van der Waals surface area (Å²) in [5.41, 5.74) is 3.93. The Morgan fingerprint density at radius 1 is 1.05 bits per heavy atom. The lowest BCUT2D eigenvalue weighted by molar-refractivity contribution is 0.0575. The van der Waals surface area contributed by atoms with E-state index in [0.717, 1.165) is 22.6 Å². The van der Waals surface area contributed by atoms with Gasteiger partial charge in [0.15, 0.2) is 0 Å². The Labute approximate surface area is 131 Å². The molecule has 1 aliphatic rings. The minimum atomic E-state index is -0.891. The monoisotopic (exact) mass is 300 g/mol. The molecule has 3 rings (SSSR count). The maximum atomic E-state index is 10.9. The Balaban J connectivity index is 1.89. The van der Waals surface area contributed by atoms with Gasteiger partial charge in [-0.1, -0.05) is 48.0 Å². The molecule has 1 atom stereocenters. The smallest absolute Gasteiger partial charge is 0.0909 e. The molecule has 0 fully saturated rings. The van der Waals surface area contributed by atoms with Gasteiger partial charge in [0.25, 0.3) is 0 Å². The average Bonchev–Trinajstić information content (AvgIpc) is 2.49. The van der Waals surface area contributed by atoms with Crippen molar-refractivity contribution in [2.75, 3.05) is 0 Å². The summed E-state index contributed by atoms with van der Waals surface area (Å²) in [5, 5.41) is 11.6. The Hall–Kier alpha value is -1.31. The first-order chi connectivity index (χ1) is 10.1. The molecule has 0 saturated carbocycles. The second kappa shape index (κ2) is 5.82. The van der Waals surface area contributed by atoms with Crippen molar-refractivity contribution in [1.82, 2.24) is 0 Å². The van der Waals surface area contributed by atoms with E-state index in [9.17, 15) is 5.11 Å². The summed E-state index contributed by atoms with van der Waals surface area (Å²) in [6, 6.07) is 14.2. The van der Waals surface area contributed by atoms with Crippen LogP contribution in [0.1, 0.15) is 42.0 Å². The van der Waals surface area contributed by atoms with Crippen molar-refractivity contribution in [3.05, 3.63) is 69.7 Å². The van der Waals surface area contributed by atoms with Crippen molar-refractivity contribution < 1.29 is 5.11 Å². The van der Waals surface area contributed by atoms with Crippen LogP contribution in [0.5, 0.6) is 0 Å². The fraction of sp³-hybridized carbons (Fsp3) is 0.368. The molecule has 0 amide bonds. The van der Waals surface area contributed by atoms with Crippen LogP contribution < -0.4 is 0 Å². The van der Waals surface area contributed by atoms with Crippen LogP contribution in [0.2, 0.25) is 5.02 Å². The molecule has 2 aromatic carbocycles. The van der Waals surface area contributed by atoms with E-state index in [4.69, 9.17) is 11.6 Å². The summed E-state index contributed by atoms with van der Waals surface area (Å²) in [6.07, 6.45) is 5.37. The highest BCUT2D eigenvalue weighted by molar-refractivity contribution is 6.31. The fourth-order valence-electron chi connectivity index (χ4n) is 3.18. The molecular formula is C19H21ClO. The maximum absolute atomic E-state index is 10.9. The van der Waals surface area contributed by atoms with Gasteiger partial charge in [-0.3, -0.25) is 0 Å². The van der Waals surface area contributed by atoms with E-state index in [1.165, 1.54) is 30.4 Å². The van der Waals surface area contributed by atoms with E-state index in [1.807, 2.05) is 31.2 Å². The van der Waals surface area contributed by atoms with E-state index in [-0.39, 0.29) is 0 Å². The summed E-state index contributed by atoms with van der Waals surface area (Å²) in [5.74, 6) is 0. The zero-order valence-corrected chi connectivity index (χ0v) is 13.2. The highest BCUT2D eigenvalue weighted by atomic mass is 35.5. The molecule has 0 spiro atoms. The number of aliphatic hydroxyl groups is 1. The van der Waals surface area contributed by atoms with Crippen LogP contribution in [0.15, 0.2) is 42.5 Å². The third-order valence-electron chi connectivity index (χ3n) is 4.46. The number of halogens is 1. The molecule has 0 saturated heterocycles. The minimum Gasteiger partial charge on any atom is -0.385 e. The number of benzene rings is 2. The summed E-state index contributed by atoms with van der Waals surface area (Å²) in [7, 11) is 0. The Morgan fingerprint density at radius 3 is 2.52 bits per heavy atom. The second-order valence-corrected chi connectivity index (χ2v) is 6.64. The quantitative estimate of drug-likeness (QED) is 0.873. The average molecular weight is 301 g/mol. The second-order valence-electron chi connectivity index (χ2n) is 6.23. The highest BCUT2D eigenvalue weighted by Gasteiger charge is 2.25. The van der Waals surface area contributed by atoms with Crippen molar-refractivity contribution >= 4 is 11.6 Å². The van der Waals surface area contributed by atoms with Gasteiger partial charge in [0.05, 0.1) is 5.60 Å². The summed E-state index contributed by atoms with van der Waals surface area (Å²) < 4.78 is 0. The number of rotatable bonds is 3. The standard InChI is InChI=1S/C19H21ClO/c1-19(21,13-16-8-4-5-9-18(16)20)17-11-10-14-6-2-3-7-15(14)12-17/h4-5,8-12,21H,2-3,6-7,13H2,1H3. The molecule has 0 bridgehead atoms. The van der Waals surface area contributed by atoms with E-state index >= 15 is 0 Å². The molecule has 0 heterocycles. The van der Waals surface area contributed by atoms with Crippen LogP contribution in [-0.2, 0) is 24.9 Å². The van der Waals surface area contributed by atoms with Crippen molar-refractivity contribution in [2.45, 2.75) is 44.6 Å². The van der Waals surface area contributed by atoms with E-state index < -0.39 is 5.60 Å². The number of hydrogen-bond acceptors (Lipinski definition) is 1. The molecule has 2 heteroatoms. The Kier molecular flexibility index (Phi) is 4.05. The first-order valence-electron chi connectivity index (χ1n) is 7.64. The lowest BCUT2D eigenvalue weighted by Gasteiger charge is -2.27. The zero-order chi connectivity index (χ0) is 14.9. The minimum absolute atomic E-state index is 0.533. The van der Waals surface area contributed by atoms with E-state index in [1.54, 1.807) is 0 Å². The van der Waals surface area contributed by atoms with Crippen LogP contribution in [-0.4, -0.2) is 5.11 Å². The van der Waals surface area contributed by atoms with Gasteiger partial charge in [0.2, 0.25) is 0 Å². The predicted molar refractivity (Wildman–Crippen MR) is 87.8 cm³/mol. The summed E-state index contributed by atoms with van der Waals surface area (Å²) >= 11 is 6.22. The number of fused-ring (bicyclic) bond motifs is 1. The third-order valence-corrected chi connectivity index (χ3v) is 4.83. The van der Waals surface area contributed by atoms with Gasteiger partial charge >= 0.3 is 0 Å². The van der Waals surface area contributed by atoms with Crippen molar-refractivity contribution in [3.63, 3.8) is 0 Å². The molecule has 1 unspecified atom stereocenters. The lowest BCUT2D eigenvalue weighted by Crippen LogP contribution is -2.25. The molecule has 1 N–H and O–H groups in total. The maximum Gasteiger partial charge on any atom is 0.0909 e. The van der Waals surface area contributed by atoms with Gasteiger partial charge in [0.1, 0.15) is 0 Å². The van der Waals surface area contributed by atoms with Crippen molar-refractivity contribution in [3.8, 4) is 0 Å². The van der Waals surface area contributed by atoms with Gasteiger partial charge in [0, 0.05) is 11.4 Å². The number of aryl methyl sites for hydroxylation is 2. The topological polar surface area (TPSA) is 20.2 Å². The molecular weight excluding hydrogens is 280 g/mol. The third kappa shape index (κ3) is 3.14. The first kappa shape index (κ1) is 14.6. The number of hydrogen-bond donors (Lipinski definition) is 1. The van der Waals surface area contributed by atoms with Gasteiger partial charge < -0.3 is 5.11 Å². The SMILES string of the molecule is CC(O)(Cc1ccccc1Cl)c1ccc2c(c1)CCCC2. The molecule has 1 aliphatic carbocycles. The fourth-order valence-corrected chi connectivity index (χ4v) is 3.39. The molecule has 1 nitrogen and oxygen atoms in total. The molecule has 2 aromatic rings. The lowest BCUT2D eigenvalue weighted by atomic mass is 9.84. The van der Waals surface area contributed by atoms with E-state index in [0.29, 0.717) is 6.42 Å². The predicted octanol–water partition coefficient (Wildman–Crippen LogP) is 4.67.